The lowest BCUT2D eigenvalue weighted by molar-refractivity contribution is -0.132. The second kappa shape index (κ2) is 8.24. The SMILES string of the molecule is C=C(/C=C\C=C(/C)c1noc(-c2c(-c3c(F)cccc3Cl)noc2C)n1)C(=O)O. The Kier molecular flexibility index (Phi) is 5.74. The average Bonchev–Trinajstić information content (AvgIpc) is 3.28. The van der Waals surface area contributed by atoms with Gasteiger partial charge < -0.3 is 14.2 Å². The predicted octanol–water partition coefficient (Wildman–Crippen LogP) is 5.09. The van der Waals surface area contributed by atoms with Crippen molar-refractivity contribution in [2.75, 3.05) is 0 Å². The molecule has 0 saturated heterocycles. The summed E-state index contributed by atoms with van der Waals surface area (Å²) in [5.41, 5.74) is 1.10. The number of nitrogens with zero attached hydrogens (tertiary/aromatic N) is 3. The molecule has 0 aliphatic rings. The van der Waals surface area contributed by atoms with Gasteiger partial charge in [-0.1, -0.05) is 46.7 Å². The van der Waals surface area contributed by atoms with Crippen LogP contribution in [0.3, 0.4) is 0 Å². The van der Waals surface area contributed by atoms with E-state index in [0.717, 1.165) is 0 Å². The molecule has 7 nitrogen and oxygen atoms in total. The first-order valence-corrected chi connectivity index (χ1v) is 8.69. The minimum absolute atomic E-state index is 0.0608. The van der Waals surface area contributed by atoms with Gasteiger partial charge in [-0.3, -0.25) is 0 Å². The summed E-state index contributed by atoms with van der Waals surface area (Å²) >= 11 is 6.14. The maximum Gasteiger partial charge on any atom is 0.335 e. The number of halogens is 2. The minimum atomic E-state index is -1.11. The number of rotatable bonds is 6. The van der Waals surface area contributed by atoms with Gasteiger partial charge in [-0.05, 0) is 37.6 Å². The molecule has 0 fully saturated rings. The zero-order valence-corrected chi connectivity index (χ0v) is 16.2. The lowest BCUT2D eigenvalue weighted by Gasteiger charge is -2.03. The van der Waals surface area contributed by atoms with Crippen molar-refractivity contribution in [1.82, 2.24) is 15.3 Å². The summed E-state index contributed by atoms with van der Waals surface area (Å²) in [5.74, 6) is -0.978. The average molecular weight is 416 g/mol. The Bertz CT molecular complexity index is 1140. The molecule has 1 aromatic carbocycles. The van der Waals surface area contributed by atoms with Crippen LogP contribution in [0.2, 0.25) is 5.02 Å². The molecule has 148 valence electrons. The van der Waals surface area contributed by atoms with Crippen molar-refractivity contribution in [2.24, 2.45) is 0 Å². The second-order valence-corrected chi connectivity index (χ2v) is 6.43. The van der Waals surface area contributed by atoms with Gasteiger partial charge in [-0.2, -0.15) is 4.98 Å². The smallest absolute Gasteiger partial charge is 0.335 e. The molecule has 0 unspecified atom stereocenters. The van der Waals surface area contributed by atoms with Crippen LogP contribution in [0.25, 0.3) is 28.3 Å². The highest BCUT2D eigenvalue weighted by Crippen LogP contribution is 2.38. The van der Waals surface area contributed by atoms with Gasteiger partial charge in [0.05, 0.1) is 16.2 Å². The highest BCUT2D eigenvalue weighted by atomic mass is 35.5. The first kappa shape index (κ1) is 20.2. The van der Waals surface area contributed by atoms with Crippen LogP contribution in [-0.4, -0.2) is 26.4 Å². The van der Waals surface area contributed by atoms with Gasteiger partial charge in [0.2, 0.25) is 0 Å². The third-order valence-electron chi connectivity index (χ3n) is 3.97. The van der Waals surface area contributed by atoms with E-state index in [4.69, 9.17) is 25.8 Å². The van der Waals surface area contributed by atoms with Crippen LogP contribution in [0.4, 0.5) is 4.39 Å². The molecular weight excluding hydrogens is 401 g/mol. The van der Waals surface area contributed by atoms with E-state index in [9.17, 15) is 9.18 Å². The monoisotopic (exact) mass is 415 g/mol. The molecule has 0 atom stereocenters. The number of aryl methyl sites for hydroxylation is 1. The first-order chi connectivity index (χ1) is 13.8. The van der Waals surface area contributed by atoms with Gasteiger partial charge in [0, 0.05) is 0 Å². The number of carboxylic acids is 1. The zero-order valence-electron chi connectivity index (χ0n) is 15.4. The Morgan fingerprint density at radius 1 is 1.28 bits per heavy atom. The van der Waals surface area contributed by atoms with E-state index < -0.39 is 11.8 Å². The largest absolute Gasteiger partial charge is 0.478 e. The van der Waals surface area contributed by atoms with Crippen molar-refractivity contribution in [3.63, 3.8) is 0 Å². The summed E-state index contributed by atoms with van der Waals surface area (Å²) in [6, 6.07) is 4.29. The van der Waals surface area contributed by atoms with E-state index in [1.54, 1.807) is 19.9 Å². The molecule has 3 aromatic rings. The van der Waals surface area contributed by atoms with Crippen molar-refractivity contribution in [3.8, 4) is 22.7 Å². The third kappa shape index (κ3) is 4.17. The molecule has 29 heavy (non-hydrogen) atoms. The molecule has 0 aliphatic carbocycles. The molecule has 3 rings (SSSR count). The van der Waals surface area contributed by atoms with Gasteiger partial charge in [-0.25, -0.2) is 9.18 Å². The second-order valence-electron chi connectivity index (χ2n) is 6.02. The lowest BCUT2D eigenvalue weighted by Crippen LogP contribution is -1.94. The van der Waals surface area contributed by atoms with Crippen molar-refractivity contribution in [2.45, 2.75) is 13.8 Å². The van der Waals surface area contributed by atoms with Crippen molar-refractivity contribution >= 4 is 23.1 Å². The third-order valence-corrected chi connectivity index (χ3v) is 4.29. The molecule has 0 saturated carbocycles. The van der Waals surface area contributed by atoms with E-state index in [1.165, 1.54) is 30.4 Å². The van der Waals surface area contributed by atoms with Gasteiger partial charge in [0.25, 0.3) is 5.89 Å². The number of benzene rings is 1. The summed E-state index contributed by atoms with van der Waals surface area (Å²) in [4.78, 5) is 15.1. The molecular formula is C20H15ClFN3O4. The summed E-state index contributed by atoms with van der Waals surface area (Å²) in [7, 11) is 0. The van der Waals surface area contributed by atoms with E-state index in [0.29, 0.717) is 16.9 Å². The summed E-state index contributed by atoms with van der Waals surface area (Å²) in [6.07, 6.45) is 4.46. The molecule has 0 spiro atoms. The van der Waals surface area contributed by atoms with Crippen LogP contribution >= 0.6 is 11.6 Å². The number of aliphatic carboxylic acids is 1. The molecule has 0 bridgehead atoms. The number of aromatic nitrogens is 3. The van der Waals surface area contributed by atoms with Crippen LogP contribution in [0.15, 0.2) is 57.6 Å². The van der Waals surface area contributed by atoms with E-state index in [2.05, 4.69) is 21.9 Å². The Hall–Kier alpha value is -3.52. The molecule has 0 radical (unpaired) electrons. The molecule has 1 N–H and O–H groups in total. The fourth-order valence-electron chi connectivity index (χ4n) is 2.46. The molecule has 9 heteroatoms. The Morgan fingerprint density at radius 3 is 2.72 bits per heavy atom. The molecule has 2 aromatic heterocycles. The topological polar surface area (TPSA) is 102 Å². The quantitative estimate of drug-likeness (QED) is 0.441. The standard InChI is InChI=1S/C20H15ClFN3O4/c1-10(6-4-7-11(2)20(26)27)18-23-19(29-25-18)15-12(3)28-24-17(15)16-13(21)8-5-9-14(16)22/h4-9H,2H2,1,3H3,(H,26,27)/b7-4-,10-6+. The molecule has 0 aliphatic heterocycles. The fraction of sp³-hybridized carbons (Fsp3) is 0.100. The van der Waals surface area contributed by atoms with E-state index in [-0.39, 0.29) is 33.6 Å². The van der Waals surface area contributed by atoms with Crippen LogP contribution in [0.5, 0.6) is 0 Å². The lowest BCUT2D eigenvalue weighted by atomic mass is 10.1. The van der Waals surface area contributed by atoms with Gasteiger partial charge in [0.15, 0.2) is 5.82 Å². The highest BCUT2D eigenvalue weighted by molar-refractivity contribution is 6.33. The van der Waals surface area contributed by atoms with Crippen molar-refractivity contribution in [1.29, 1.82) is 0 Å². The summed E-state index contributed by atoms with van der Waals surface area (Å²) < 4.78 is 24.9. The van der Waals surface area contributed by atoms with Crippen molar-refractivity contribution in [3.05, 3.63) is 71.0 Å². The Labute approximate surface area is 169 Å². The number of allylic oxidation sites excluding steroid dienone is 3. The highest BCUT2D eigenvalue weighted by Gasteiger charge is 2.25. The first-order valence-electron chi connectivity index (χ1n) is 8.32. The Morgan fingerprint density at radius 2 is 2.03 bits per heavy atom. The number of hydrogen-bond acceptors (Lipinski definition) is 6. The minimum Gasteiger partial charge on any atom is -0.478 e. The van der Waals surface area contributed by atoms with Crippen molar-refractivity contribution < 1.29 is 23.3 Å². The predicted molar refractivity (Wildman–Crippen MR) is 105 cm³/mol. The molecule has 2 heterocycles. The fourth-order valence-corrected chi connectivity index (χ4v) is 2.71. The van der Waals surface area contributed by atoms with Crippen LogP contribution < -0.4 is 0 Å². The van der Waals surface area contributed by atoms with Crippen LogP contribution in [0, 0.1) is 12.7 Å². The summed E-state index contributed by atoms with van der Waals surface area (Å²) in [6.45, 7) is 6.75. The maximum absolute atomic E-state index is 14.3. The van der Waals surface area contributed by atoms with Gasteiger partial charge >= 0.3 is 5.97 Å². The van der Waals surface area contributed by atoms with E-state index >= 15 is 0 Å². The van der Waals surface area contributed by atoms with Gasteiger partial charge in [-0.15, -0.1) is 0 Å². The van der Waals surface area contributed by atoms with E-state index in [1.807, 2.05) is 0 Å². The number of carboxylic acid groups (broad SMARTS) is 1. The number of carbonyl (C=O) groups is 1. The summed E-state index contributed by atoms with van der Waals surface area (Å²) in [5, 5.41) is 16.8. The normalized spacial score (nSPS) is 11.9. The van der Waals surface area contributed by atoms with Crippen LogP contribution in [-0.2, 0) is 4.79 Å². The Balaban J connectivity index is 1.97. The maximum atomic E-state index is 14.3. The molecule has 0 amide bonds. The van der Waals surface area contributed by atoms with Gasteiger partial charge in [0.1, 0.15) is 22.8 Å². The zero-order chi connectivity index (χ0) is 21.1. The van der Waals surface area contributed by atoms with Crippen LogP contribution in [0.1, 0.15) is 18.5 Å². The number of hydrogen-bond donors (Lipinski definition) is 1.